The summed E-state index contributed by atoms with van der Waals surface area (Å²) < 4.78 is 0.700. The average Bonchev–Trinajstić information content (AvgIpc) is 2.64. The molecule has 0 bridgehead atoms. The Hall–Kier alpha value is -0.960. The molecule has 1 fully saturated rings. The average molecular weight is 367 g/mol. The van der Waals surface area contributed by atoms with Crippen LogP contribution in [0.2, 0.25) is 5.28 Å². The van der Waals surface area contributed by atoms with Gasteiger partial charge in [-0.15, -0.1) is 0 Å². The molecule has 90 valence electrons. The summed E-state index contributed by atoms with van der Waals surface area (Å²) in [6.07, 6.45) is 1.64. The van der Waals surface area contributed by atoms with Gasteiger partial charge in [0.1, 0.15) is 0 Å². The highest BCUT2D eigenvalue weighted by atomic mass is 127. The van der Waals surface area contributed by atoms with Crippen LogP contribution in [-0.2, 0) is 9.59 Å². The maximum Gasteiger partial charge on any atom is 0.229 e. The van der Waals surface area contributed by atoms with Gasteiger partial charge in [-0.05, 0) is 34.2 Å². The minimum Gasteiger partial charge on any atom is -0.369 e. The first kappa shape index (κ1) is 12.5. The highest BCUT2D eigenvalue weighted by Crippen LogP contribution is 2.27. The molecular formula is C9H8ClIN4O2. The van der Waals surface area contributed by atoms with Crippen molar-refractivity contribution in [3.8, 4) is 0 Å². The second kappa shape index (κ2) is 4.73. The monoisotopic (exact) mass is 366 g/mol. The fraction of sp³-hybridized carbons (Fsp3) is 0.333. The molecule has 1 aliphatic rings. The first-order valence-electron chi connectivity index (χ1n) is 4.76. The van der Waals surface area contributed by atoms with Gasteiger partial charge in [-0.3, -0.25) is 14.5 Å². The van der Waals surface area contributed by atoms with Crippen molar-refractivity contribution in [3.05, 3.63) is 15.1 Å². The lowest BCUT2D eigenvalue weighted by Crippen LogP contribution is -2.29. The molecule has 1 aromatic rings. The normalized spacial score (nSPS) is 19.8. The second-order valence-electron chi connectivity index (χ2n) is 3.62. The van der Waals surface area contributed by atoms with E-state index in [-0.39, 0.29) is 24.2 Å². The molecule has 1 atom stereocenters. The minimum atomic E-state index is -0.476. The molecule has 0 saturated carbocycles. The molecule has 2 amide bonds. The lowest BCUT2D eigenvalue weighted by molar-refractivity contribution is -0.123. The number of nitrogens with zero attached hydrogens (tertiary/aromatic N) is 3. The third-order valence-electron chi connectivity index (χ3n) is 2.48. The summed E-state index contributed by atoms with van der Waals surface area (Å²) in [5.41, 5.74) is 5.19. The maximum atomic E-state index is 11.8. The van der Waals surface area contributed by atoms with Crippen LogP contribution < -0.4 is 10.6 Å². The van der Waals surface area contributed by atoms with Crippen molar-refractivity contribution in [3.63, 3.8) is 0 Å². The smallest absolute Gasteiger partial charge is 0.229 e. The molecule has 0 aliphatic carbocycles. The van der Waals surface area contributed by atoms with Gasteiger partial charge < -0.3 is 5.73 Å². The molecule has 1 saturated heterocycles. The number of primary amides is 1. The van der Waals surface area contributed by atoms with E-state index in [1.165, 1.54) is 11.1 Å². The van der Waals surface area contributed by atoms with Gasteiger partial charge in [0.15, 0.2) is 5.82 Å². The Bertz CT molecular complexity index is 496. The van der Waals surface area contributed by atoms with Gasteiger partial charge in [-0.2, -0.15) is 4.98 Å². The Labute approximate surface area is 116 Å². The predicted octanol–water partition coefficient (Wildman–Crippen LogP) is 0.573. The van der Waals surface area contributed by atoms with E-state index in [1.807, 2.05) is 22.6 Å². The van der Waals surface area contributed by atoms with Crippen LogP contribution in [0.3, 0.4) is 0 Å². The first-order chi connectivity index (χ1) is 7.99. The summed E-state index contributed by atoms with van der Waals surface area (Å²) in [4.78, 5) is 32.1. The molecule has 17 heavy (non-hydrogen) atoms. The maximum absolute atomic E-state index is 11.8. The van der Waals surface area contributed by atoms with E-state index >= 15 is 0 Å². The van der Waals surface area contributed by atoms with Gasteiger partial charge in [0.2, 0.25) is 17.1 Å². The van der Waals surface area contributed by atoms with Crippen molar-refractivity contribution in [1.82, 2.24) is 9.97 Å². The zero-order valence-electron chi connectivity index (χ0n) is 8.56. The van der Waals surface area contributed by atoms with Crippen LogP contribution in [-0.4, -0.2) is 28.3 Å². The molecular weight excluding hydrogens is 358 g/mol. The first-order valence-corrected chi connectivity index (χ1v) is 6.22. The van der Waals surface area contributed by atoms with Crippen LogP contribution in [0.4, 0.5) is 5.82 Å². The topological polar surface area (TPSA) is 89.2 Å². The van der Waals surface area contributed by atoms with Crippen molar-refractivity contribution in [2.45, 2.75) is 6.42 Å². The van der Waals surface area contributed by atoms with Crippen molar-refractivity contribution in [1.29, 1.82) is 0 Å². The van der Waals surface area contributed by atoms with Gasteiger partial charge in [-0.1, -0.05) is 0 Å². The van der Waals surface area contributed by atoms with Crippen molar-refractivity contribution in [2.24, 2.45) is 11.7 Å². The molecule has 0 spiro atoms. The molecule has 1 unspecified atom stereocenters. The van der Waals surface area contributed by atoms with E-state index in [4.69, 9.17) is 17.3 Å². The van der Waals surface area contributed by atoms with Crippen molar-refractivity contribution >= 4 is 51.8 Å². The minimum absolute atomic E-state index is 0.0655. The number of amides is 2. The fourth-order valence-corrected chi connectivity index (χ4v) is 2.31. The van der Waals surface area contributed by atoms with E-state index in [2.05, 4.69) is 9.97 Å². The lowest BCUT2D eigenvalue weighted by atomic mass is 10.1. The van der Waals surface area contributed by atoms with Crippen LogP contribution in [0.5, 0.6) is 0 Å². The number of hydrogen-bond acceptors (Lipinski definition) is 4. The van der Waals surface area contributed by atoms with Crippen LogP contribution in [0.1, 0.15) is 6.42 Å². The third kappa shape index (κ3) is 2.49. The second-order valence-corrected chi connectivity index (χ2v) is 5.12. The molecule has 1 aromatic heterocycles. The fourth-order valence-electron chi connectivity index (χ4n) is 1.63. The summed E-state index contributed by atoms with van der Waals surface area (Å²) >= 11 is 7.69. The van der Waals surface area contributed by atoms with Crippen LogP contribution in [0.15, 0.2) is 6.20 Å². The zero-order valence-corrected chi connectivity index (χ0v) is 11.5. The third-order valence-corrected chi connectivity index (χ3v) is 3.42. The Morgan fingerprint density at radius 2 is 2.35 bits per heavy atom. The molecule has 1 aliphatic heterocycles. The quantitative estimate of drug-likeness (QED) is 0.612. The predicted molar refractivity (Wildman–Crippen MR) is 69.4 cm³/mol. The summed E-state index contributed by atoms with van der Waals surface area (Å²) in [6, 6.07) is 0. The Morgan fingerprint density at radius 1 is 1.65 bits per heavy atom. The molecule has 2 heterocycles. The van der Waals surface area contributed by atoms with Crippen LogP contribution in [0, 0.1) is 9.49 Å². The van der Waals surface area contributed by atoms with Crippen LogP contribution >= 0.6 is 34.2 Å². The van der Waals surface area contributed by atoms with Crippen LogP contribution in [0.25, 0.3) is 0 Å². The van der Waals surface area contributed by atoms with E-state index in [1.54, 1.807) is 0 Å². The number of nitrogens with two attached hydrogens (primary N) is 1. The molecule has 8 heteroatoms. The van der Waals surface area contributed by atoms with Gasteiger partial charge in [0.05, 0.1) is 9.49 Å². The summed E-state index contributed by atoms with van der Waals surface area (Å²) in [5, 5.41) is 0.0655. The Kier molecular flexibility index (Phi) is 3.48. The number of hydrogen-bond donors (Lipinski definition) is 1. The summed E-state index contributed by atoms with van der Waals surface area (Å²) in [6.45, 7) is 0.248. The highest BCUT2D eigenvalue weighted by molar-refractivity contribution is 14.1. The summed E-state index contributed by atoms with van der Waals surface area (Å²) in [7, 11) is 0. The molecule has 0 aromatic carbocycles. The highest BCUT2D eigenvalue weighted by Gasteiger charge is 2.35. The van der Waals surface area contributed by atoms with Gasteiger partial charge in [0, 0.05) is 19.2 Å². The standard InChI is InChI=1S/C9H8ClIN4O2/c10-9-13-2-5(11)8(14-9)15-3-4(7(12)17)1-6(15)16/h2,4H,1,3H2,(H2,12,17). The van der Waals surface area contributed by atoms with Gasteiger partial charge in [-0.25, -0.2) is 4.98 Å². The Balaban J connectivity index is 2.32. The number of carbonyl (C=O) groups excluding carboxylic acids is 2. The SMILES string of the molecule is NC(=O)C1CC(=O)N(c2nc(Cl)ncc2I)C1. The largest absolute Gasteiger partial charge is 0.369 e. The van der Waals surface area contributed by atoms with Gasteiger partial charge in [0.25, 0.3) is 0 Å². The lowest BCUT2D eigenvalue weighted by Gasteiger charge is -2.16. The number of anilines is 1. The number of rotatable bonds is 2. The Morgan fingerprint density at radius 3 is 2.94 bits per heavy atom. The molecule has 6 nitrogen and oxygen atoms in total. The number of halogens is 2. The number of aromatic nitrogens is 2. The van der Waals surface area contributed by atoms with E-state index < -0.39 is 11.8 Å². The van der Waals surface area contributed by atoms with Gasteiger partial charge >= 0.3 is 0 Å². The van der Waals surface area contributed by atoms with Crippen molar-refractivity contribution < 1.29 is 9.59 Å². The zero-order chi connectivity index (χ0) is 12.6. The van der Waals surface area contributed by atoms with E-state index in [9.17, 15) is 9.59 Å². The van der Waals surface area contributed by atoms with Crippen molar-refractivity contribution in [2.75, 3.05) is 11.4 Å². The molecule has 2 N–H and O–H groups in total. The van der Waals surface area contributed by atoms with E-state index in [0.717, 1.165) is 0 Å². The summed E-state index contributed by atoms with van der Waals surface area (Å²) in [5.74, 6) is -0.691. The molecule has 2 rings (SSSR count). The molecule has 0 radical (unpaired) electrons. The number of carbonyl (C=O) groups is 2. The van der Waals surface area contributed by atoms with E-state index in [0.29, 0.717) is 9.39 Å².